The van der Waals surface area contributed by atoms with Crippen molar-refractivity contribution in [3.05, 3.63) is 83.8 Å². The van der Waals surface area contributed by atoms with Crippen molar-refractivity contribution >= 4 is 45.2 Å². The van der Waals surface area contributed by atoms with Gasteiger partial charge >= 0.3 is 0 Å². The smallest absolute Gasteiger partial charge is 0.262 e. The number of rotatable bonds is 6. The van der Waals surface area contributed by atoms with Crippen LogP contribution in [0.2, 0.25) is 0 Å². The van der Waals surface area contributed by atoms with Gasteiger partial charge in [0.2, 0.25) is 5.91 Å². The Morgan fingerprint density at radius 3 is 2.73 bits per heavy atom. The first-order valence-electron chi connectivity index (χ1n) is 9.50. The molecule has 7 heteroatoms. The second-order valence-corrected chi connectivity index (χ2v) is 8.05. The minimum Gasteiger partial charge on any atom is -0.324 e. The van der Waals surface area contributed by atoms with Gasteiger partial charge in [0.15, 0.2) is 5.16 Å². The van der Waals surface area contributed by atoms with Gasteiger partial charge in [0, 0.05) is 18.1 Å². The average Bonchev–Trinajstić information content (AvgIpc) is 2.76. The van der Waals surface area contributed by atoms with Crippen molar-refractivity contribution in [3.8, 4) is 0 Å². The van der Waals surface area contributed by atoms with Crippen LogP contribution in [0.25, 0.3) is 21.8 Å². The molecule has 0 spiro atoms. The van der Waals surface area contributed by atoms with E-state index in [0.717, 1.165) is 10.9 Å². The number of carbonyl (C=O) groups excluding carboxylic acids is 1. The van der Waals surface area contributed by atoms with Crippen LogP contribution in [0.5, 0.6) is 0 Å². The third kappa shape index (κ3) is 3.84. The molecule has 6 nitrogen and oxygen atoms in total. The third-order valence-electron chi connectivity index (χ3n) is 4.69. The summed E-state index contributed by atoms with van der Waals surface area (Å²) < 4.78 is 1.55. The topological polar surface area (TPSA) is 76.9 Å². The van der Waals surface area contributed by atoms with E-state index in [1.54, 1.807) is 35.9 Å². The highest BCUT2D eigenvalue weighted by Crippen LogP contribution is 2.26. The molecule has 30 heavy (non-hydrogen) atoms. The zero-order chi connectivity index (χ0) is 21.1. The van der Waals surface area contributed by atoms with Gasteiger partial charge in [-0.1, -0.05) is 36.0 Å². The van der Waals surface area contributed by atoms with Gasteiger partial charge in [-0.2, -0.15) is 0 Å². The SMILES string of the molecule is C=CCn1c(SC(C)C(=O)Nc2cccc3ncccc23)nc2ccccc2c1=O. The minimum absolute atomic E-state index is 0.143. The molecular weight excluding hydrogens is 396 g/mol. The molecule has 0 saturated heterocycles. The molecule has 0 bridgehead atoms. The Kier molecular flexibility index (Phi) is 5.63. The number of hydrogen-bond donors (Lipinski definition) is 1. The van der Waals surface area contributed by atoms with Crippen molar-refractivity contribution in [3.63, 3.8) is 0 Å². The summed E-state index contributed by atoms with van der Waals surface area (Å²) in [6, 6.07) is 16.6. The number of pyridine rings is 1. The van der Waals surface area contributed by atoms with E-state index in [1.165, 1.54) is 11.8 Å². The van der Waals surface area contributed by atoms with E-state index in [2.05, 4.69) is 21.9 Å². The molecule has 1 amide bonds. The van der Waals surface area contributed by atoms with E-state index < -0.39 is 5.25 Å². The van der Waals surface area contributed by atoms with Crippen LogP contribution in [0.3, 0.4) is 0 Å². The van der Waals surface area contributed by atoms with Crippen LogP contribution in [0.4, 0.5) is 5.69 Å². The fraction of sp³-hybridized carbons (Fsp3) is 0.130. The van der Waals surface area contributed by atoms with E-state index in [1.807, 2.05) is 42.5 Å². The number of carbonyl (C=O) groups is 1. The zero-order valence-electron chi connectivity index (χ0n) is 16.4. The normalized spacial score (nSPS) is 12.0. The van der Waals surface area contributed by atoms with Crippen molar-refractivity contribution in [1.82, 2.24) is 14.5 Å². The maximum absolute atomic E-state index is 12.9. The van der Waals surface area contributed by atoms with Crippen LogP contribution in [-0.2, 0) is 11.3 Å². The van der Waals surface area contributed by atoms with Gasteiger partial charge in [0.25, 0.3) is 5.56 Å². The van der Waals surface area contributed by atoms with Gasteiger partial charge in [0.05, 0.1) is 27.4 Å². The Balaban J connectivity index is 1.63. The standard InChI is InChI=1S/C23H20N4O2S/c1-3-14-27-22(29)17-8-4-5-10-20(17)26-23(27)30-15(2)21(28)25-19-12-6-11-18-16(19)9-7-13-24-18/h3-13,15H,1,14H2,2H3,(H,25,28). The predicted octanol–water partition coefficient (Wildman–Crippen LogP) is 4.25. The van der Waals surface area contributed by atoms with Crippen molar-refractivity contribution < 1.29 is 4.79 Å². The molecule has 4 rings (SSSR count). The molecule has 0 fully saturated rings. The Morgan fingerprint density at radius 2 is 1.90 bits per heavy atom. The van der Waals surface area contributed by atoms with Crippen molar-refractivity contribution in [2.45, 2.75) is 23.9 Å². The average molecular weight is 417 g/mol. The largest absolute Gasteiger partial charge is 0.324 e. The van der Waals surface area contributed by atoms with Gasteiger partial charge in [-0.15, -0.1) is 6.58 Å². The van der Waals surface area contributed by atoms with Crippen molar-refractivity contribution in [2.75, 3.05) is 5.32 Å². The fourth-order valence-electron chi connectivity index (χ4n) is 3.19. The van der Waals surface area contributed by atoms with Crippen LogP contribution >= 0.6 is 11.8 Å². The Hall–Kier alpha value is -3.45. The van der Waals surface area contributed by atoms with Gasteiger partial charge in [-0.05, 0) is 43.3 Å². The lowest BCUT2D eigenvalue weighted by Crippen LogP contribution is -2.26. The second-order valence-electron chi connectivity index (χ2n) is 6.74. The van der Waals surface area contributed by atoms with E-state index >= 15 is 0 Å². The molecule has 4 aromatic rings. The Bertz CT molecular complexity index is 1310. The number of thioether (sulfide) groups is 1. The molecule has 2 aromatic carbocycles. The van der Waals surface area contributed by atoms with Crippen molar-refractivity contribution in [2.24, 2.45) is 0 Å². The van der Waals surface area contributed by atoms with E-state index in [9.17, 15) is 9.59 Å². The number of anilines is 1. The number of allylic oxidation sites excluding steroid dienone is 1. The molecule has 1 unspecified atom stereocenters. The number of nitrogens with one attached hydrogen (secondary N) is 1. The molecule has 2 aromatic heterocycles. The number of aromatic nitrogens is 3. The summed E-state index contributed by atoms with van der Waals surface area (Å²) in [6.07, 6.45) is 3.37. The summed E-state index contributed by atoms with van der Waals surface area (Å²) in [5.74, 6) is -0.177. The summed E-state index contributed by atoms with van der Waals surface area (Å²) in [7, 11) is 0. The molecule has 0 aliphatic rings. The lowest BCUT2D eigenvalue weighted by molar-refractivity contribution is -0.115. The number of para-hydroxylation sites is 1. The molecule has 2 heterocycles. The lowest BCUT2D eigenvalue weighted by atomic mass is 10.2. The summed E-state index contributed by atoms with van der Waals surface area (Å²) in [6.45, 7) is 5.85. The predicted molar refractivity (Wildman–Crippen MR) is 122 cm³/mol. The Labute approximate surface area is 177 Å². The Morgan fingerprint density at radius 1 is 1.13 bits per heavy atom. The van der Waals surface area contributed by atoms with E-state index in [4.69, 9.17) is 0 Å². The van der Waals surface area contributed by atoms with Gasteiger partial charge < -0.3 is 5.32 Å². The molecule has 150 valence electrons. The van der Waals surface area contributed by atoms with Gasteiger partial charge in [-0.25, -0.2) is 4.98 Å². The van der Waals surface area contributed by atoms with Crippen LogP contribution in [0.1, 0.15) is 6.92 Å². The number of nitrogens with zero attached hydrogens (tertiary/aromatic N) is 3. The summed E-state index contributed by atoms with van der Waals surface area (Å²) in [5.41, 5.74) is 1.98. The second kappa shape index (κ2) is 8.51. The highest BCUT2D eigenvalue weighted by Gasteiger charge is 2.20. The monoisotopic (exact) mass is 416 g/mol. The molecule has 0 radical (unpaired) electrons. The molecule has 1 N–H and O–H groups in total. The first kappa shape index (κ1) is 19.8. The highest BCUT2D eigenvalue weighted by atomic mass is 32.2. The van der Waals surface area contributed by atoms with Crippen LogP contribution < -0.4 is 10.9 Å². The number of fused-ring (bicyclic) bond motifs is 2. The molecule has 0 aliphatic carbocycles. The number of amides is 1. The molecule has 1 atom stereocenters. The first-order valence-corrected chi connectivity index (χ1v) is 10.4. The van der Waals surface area contributed by atoms with E-state index in [-0.39, 0.29) is 11.5 Å². The minimum atomic E-state index is -0.471. The fourth-order valence-corrected chi connectivity index (χ4v) is 4.10. The van der Waals surface area contributed by atoms with Gasteiger partial charge in [-0.3, -0.25) is 19.1 Å². The van der Waals surface area contributed by atoms with Crippen molar-refractivity contribution in [1.29, 1.82) is 0 Å². The number of benzene rings is 2. The molecular formula is C23H20N4O2S. The van der Waals surface area contributed by atoms with Crippen LogP contribution in [0.15, 0.2) is 83.4 Å². The number of hydrogen-bond acceptors (Lipinski definition) is 5. The summed E-state index contributed by atoms with van der Waals surface area (Å²) >= 11 is 1.25. The molecule has 0 saturated carbocycles. The third-order valence-corrected chi connectivity index (χ3v) is 5.78. The van der Waals surface area contributed by atoms with Crippen LogP contribution in [0, 0.1) is 0 Å². The van der Waals surface area contributed by atoms with Crippen LogP contribution in [-0.4, -0.2) is 25.7 Å². The summed E-state index contributed by atoms with van der Waals surface area (Å²) in [4.78, 5) is 34.7. The molecule has 0 aliphatic heterocycles. The lowest BCUT2D eigenvalue weighted by Gasteiger charge is -2.16. The van der Waals surface area contributed by atoms with E-state index in [0.29, 0.717) is 28.3 Å². The first-order chi connectivity index (χ1) is 14.6. The van der Waals surface area contributed by atoms with Gasteiger partial charge in [0.1, 0.15) is 0 Å². The zero-order valence-corrected chi connectivity index (χ0v) is 17.2. The maximum Gasteiger partial charge on any atom is 0.262 e. The quantitative estimate of drug-likeness (QED) is 0.289. The highest BCUT2D eigenvalue weighted by molar-refractivity contribution is 8.00. The maximum atomic E-state index is 12.9. The summed E-state index contributed by atoms with van der Waals surface area (Å²) in [5, 5.41) is 4.41.